The van der Waals surface area contributed by atoms with Crippen molar-refractivity contribution in [3.8, 4) is 17.0 Å². The lowest BCUT2D eigenvalue weighted by Crippen LogP contribution is -2.38. The molecular weight excluding hydrogens is 378 g/mol. The van der Waals surface area contributed by atoms with E-state index in [-0.39, 0.29) is 11.9 Å². The molecule has 7 heteroatoms. The number of hydrogen-bond acceptors (Lipinski definition) is 5. The summed E-state index contributed by atoms with van der Waals surface area (Å²) < 4.78 is 7.58. The zero-order valence-electron chi connectivity index (χ0n) is 16.8. The first-order chi connectivity index (χ1) is 14.7. The average molecular weight is 403 g/mol. The van der Waals surface area contributed by atoms with Gasteiger partial charge in [-0.15, -0.1) is 0 Å². The number of ether oxygens (including phenoxy) is 1. The van der Waals surface area contributed by atoms with Gasteiger partial charge in [0.15, 0.2) is 0 Å². The van der Waals surface area contributed by atoms with Gasteiger partial charge in [-0.05, 0) is 48.9 Å². The summed E-state index contributed by atoms with van der Waals surface area (Å²) in [5.74, 6) is 1.06. The molecule has 0 unspecified atom stereocenters. The molecule has 3 aromatic rings. The van der Waals surface area contributed by atoms with Crippen molar-refractivity contribution in [1.82, 2.24) is 25.1 Å². The van der Waals surface area contributed by atoms with Crippen LogP contribution < -0.4 is 10.1 Å². The van der Waals surface area contributed by atoms with E-state index < -0.39 is 0 Å². The van der Waals surface area contributed by atoms with Gasteiger partial charge in [0.1, 0.15) is 12.1 Å². The van der Waals surface area contributed by atoms with Crippen LogP contribution in [0, 0.1) is 0 Å². The number of nitrogens with zero attached hydrogens (tertiary/aromatic N) is 4. The summed E-state index contributed by atoms with van der Waals surface area (Å²) >= 11 is 0. The molecular formula is C23H25N5O2. The Morgan fingerprint density at radius 1 is 1.20 bits per heavy atom. The molecule has 3 heterocycles. The van der Waals surface area contributed by atoms with E-state index in [1.54, 1.807) is 12.5 Å². The monoisotopic (exact) mass is 403 g/mol. The van der Waals surface area contributed by atoms with E-state index in [9.17, 15) is 4.79 Å². The molecule has 30 heavy (non-hydrogen) atoms. The first-order valence-corrected chi connectivity index (χ1v) is 10.6. The zero-order valence-corrected chi connectivity index (χ0v) is 16.8. The lowest BCUT2D eigenvalue weighted by molar-refractivity contribution is -0.121. The molecule has 1 aromatic carbocycles. The molecule has 1 amide bonds. The Bertz CT molecular complexity index is 1030. The van der Waals surface area contributed by atoms with E-state index in [1.165, 1.54) is 5.56 Å². The topological polar surface area (TPSA) is 81.9 Å². The highest BCUT2D eigenvalue weighted by Gasteiger charge is 2.24. The fourth-order valence-electron chi connectivity index (χ4n) is 4.43. The number of aromatic nitrogens is 4. The van der Waals surface area contributed by atoms with Gasteiger partial charge in [0.2, 0.25) is 5.91 Å². The minimum absolute atomic E-state index is 0.0995. The first-order valence-electron chi connectivity index (χ1n) is 10.6. The minimum atomic E-state index is 0.0995. The summed E-state index contributed by atoms with van der Waals surface area (Å²) in [7, 11) is 0. The Hall–Kier alpha value is -3.22. The van der Waals surface area contributed by atoms with Gasteiger partial charge < -0.3 is 10.1 Å². The Labute approximate surface area is 175 Å². The molecule has 0 radical (unpaired) electrons. The van der Waals surface area contributed by atoms with Gasteiger partial charge in [-0.2, -0.15) is 5.10 Å². The van der Waals surface area contributed by atoms with Crippen LogP contribution in [0.4, 0.5) is 0 Å². The fourth-order valence-corrected chi connectivity index (χ4v) is 4.43. The second-order valence-electron chi connectivity index (χ2n) is 8.09. The minimum Gasteiger partial charge on any atom is -0.493 e. The molecule has 1 fully saturated rings. The van der Waals surface area contributed by atoms with Gasteiger partial charge in [-0.1, -0.05) is 12.1 Å². The molecule has 7 nitrogen and oxygen atoms in total. The number of hydrogen-bond donors (Lipinski definition) is 1. The Morgan fingerprint density at radius 3 is 2.93 bits per heavy atom. The Balaban J connectivity index is 1.13. The highest BCUT2D eigenvalue weighted by atomic mass is 16.5. The van der Waals surface area contributed by atoms with Crippen molar-refractivity contribution in [2.24, 2.45) is 0 Å². The molecule has 2 aromatic heterocycles. The second-order valence-corrected chi connectivity index (χ2v) is 8.09. The largest absolute Gasteiger partial charge is 0.493 e. The van der Waals surface area contributed by atoms with E-state index in [0.717, 1.165) is 61.3 Å². The van der Waals surface area contributed by atoms with Gasteiger partial charge in [0, 0.05) is 30.4 Å². The summed E-state index contributed by atoms with van der Waals surface area (Å²) in [6.45, 7) is 0.741. The lowest BCUT2D eigenvalue weighted by atomic mass is 9.91. The van der Waals surface area contributed by atoms with Crippen molar-refractivity contribution in [1.29, 1.82) is 0 Å². The molecule has 5 rings (SSSR count). The number of fused-ring (bicyclic) bond motifs is 1. The van der Waals surface area contributed by atoms with Crippen molar-refractivity contribution in [3.05, 3.63) is 60.3 Å². The van der Waals surface area contributed by atoms with Gasteiger partial charge in [-0.25, -0.2) is 9.97 Å². The summed E-state index contributed by atoms with van der Waals surface area (Å²) in [5, 5.41) is 7.77. The third-order valence-electron chi connectivity index (χ3n) is 6.03. The zero-order chi connectivity index (χ0) is 20.3. The van der Waals surface area contributed by atoms with Crippen LogP contribution in [0.25, 0.3) is 11.3 Å². The molecule has 1 saturated carbocycles. The number of carbonyl (C=O) groups excluding carboxylic acids is 1. The quantitative estimate of drug-likeness (QED) is 0.708. The van der Waals surface area contributed by atoms with E-state index in [0.29, 0.717) is 12.5 Å². The van der Waals surface area contributed by atoms with E-state index in [2.05, 4.69) is 32.6 Å². The second kappa shape index (κ2) is 8.26. The van der Waals surface area contributed by atoms with E-state index in [1.807, 2.05) is 29.1 Å². The first kappa shape index (κ1) is 18.8. The van der Waals surface area contributed by atoms with Crippen LogP contribution in [0.1, 0.15) is 42.9 Å². The van der Waals surface area contributed by atoms with Crippen LogP contribution in [0.3, 0.4) is 0 Å². The van der Waals surface area contributed by atoms with Gasteiger partial charge >= 0.3 is 0 Å². The molecule has 0 atom stereocenters. The van der Waals surface area contributed by atoms with E-state index in [4.69, 9.17) is 4.74 Å². The summed E-state index contributed by atoms with van der Waals surface area (Å²) in [5.41, 5.74) is 4.16. The Kier molecular flexibility index (Phi) is 5.17. The molecule has 0 saturated heterocycles. The number of nitrogens with one attached hydrogen (secondary N) is 1. The molecule has 1 N–H and O–H groups in total. The molecule has 1 aliphatic heterocycles. The van der Waals surface area contributed by atoms with Crippen LogP contribution in [0.5, 0.6) is 5.75 Å². The predicted molar refractivity (Wildman–Crippen MR) is 112 cm³/mol. The van der Waals surface area contributed by atoms with Crippen LogP contribution in [-0.2, 0) is 17.6 Å². The number of benzene rings is 1. The standard InChI is InChI=1S/C23H25N5O2/c29-23(12-16-1-6-22-17(11-16)8-10-30-22)27-19-2-4-20(5-3-19)28-14-18(13-26-28)21-7-9-24-15-25-21/h1,6-7,9,11,13-15,19-20H,2-5,8,10,12H2,(H,27,29). The maximum Gasteiger partial charge on any atom is 0.224 e. The summed E-state index contributed by atoms with van der Waals surface area (Å²) in [6.07, 6.45) is 12.5. The van der Waals surface area contributed by atoms with Crippen molar-refractivity contribution in [2.45, 2.75) is 50.6 Å². The molecule has 2 aliphatic rings. The van der Waals surface area contributed by atoms with Gasteiger partial charge in [-0.3, -0.25) is 9.48 Å². The van der Waals surface area contributed by atoms with E-state index >= 15 is 0 Å². The highest BCUT2D eigenvalue weighted by molar-refractivity contribution is 5.79. The maximum absolute atomic E-state index is 12.5. The molecule has 1 aliphatic carbocycles. The number of rotatable bonds is 5. The van der Waals surface area contributed by atoms with Crippen LogP contribution in [-0.4, -0.2) is 38.3 Å². The van der Waals surface area contributed by atoms with Crippen LogP contribution in [0.2, 0.25) is 0 Å². The average Bonchev–Trinajstić information content (AvgIpc) is 3.44. The molecule has 0 bridgehead atoms. The Morgan fingerprint density at radius 2 is 2.10 bits per heavy atom. The maximum atomic E-state index is 12.5. The van der Waals surface area contributed by atoms with Crippen molar-refractivity contribution in [2.75, 3.05) is 6.61 Å². The summed E-state index contributed by atoms with van der Waals surface area (Å²) in [4.78, 5) is 20.8. The number of amides is 1. The smallest absolute Gasteiger partial charge is 0.224 e. The molecule has 0 spiro atoms. The summed E-state index contributed by atoms with van der Waals surface area (Å²) in [6, 6.07) is 8.57. The van der Waals surface area contributed by atoms with Crippen LogP contribution in [0.15, 0.2) is 49.2 Å². The normalized spacial score (nSPS) is 20.4. The van der Waals surface area contributed by atoms with Crippen molar-refractivity contribution >= 4 is 5.91 Å². The fraction of sp³-hybridized carbons (Fsp3) is 0.391. The number of carbonyl (C=O) groups is 1. The van der Waals surface area contributed by atoms with Crippen LogP contribution >= 0.6 is 0 Å². The SMILES string of the molecule is O=C(Cc1ccc2c(c1)CCO2)NC1CCC(n2cc(-c3ccncn3)cn2)CC1. The highest BCUT2D eigenvalue weighted by Crippen LogP contribution is 2.30. The lowest BCUT2D eigenvalue weighted by Gasteiger charge is -2.29. The third-order valence-corrected chi connectivity index (χ3v) is 6.03. The predicted octanol–water partition coefficient (Wildman–Crippen LogP) is 3.12. The van der Waals surface area contributed by atoms with Crippen molar-refractivity contribution < 1.29 is 9.53 Å². The van der Waals surface area contributed by atoms with Gasteiger partial charge in [0.05, 0.1) is 31.0 Å². The van der Waals surface area contributed by atoms with Crippen molar-refractivity contribution in [3.63, 3.8) is 0 Å². The third kappa shape index (κ3) is 4.06. The van der Waals surface area contributed by atoms with Gasteiger partial charge in [0.25, 0.3) is 0 Å². The molecule has 154 valence electrons.